The first kappa shape index (κ1) is 16.5. The van der Waals surface area contributed by atoms with Crippen molar-refractivity contribution in [2.75, 3.05) is 16.8 Å². The van der Waals surface area contributed by atoms with Gasteiger partial charge in [-0.25, -0.2) is 4.79 Å². The van der Waals surface area contributed by atoms with E-state index in [1.165, 1.54) is 11.0 Å². The van der Waals surface area contributed by atoms with Crippen molar-refractivity contribution in [3.63, 3.8) is 0 Å². The molecule has 0 spiro atoms. The number of rotatable bonds is 5. The molecule has 1 amide bonds. The molecule has 0 fully saturated rings. The van der Waals surface area contributed by atoms with Gasteiger partial charge in [0.25, 0.3) is 5.91 Å². The smallest absolute Gasteiger partial charge is 0.332 e. The number of allylic oxidation sites excluding steroid dienone is 1. The van der Waals surface area contributed by atoms with Crippen molar-refractivity contribution < 1.29 is 14.3 Å². The number of ether oxygens (including phenoxy) is 1. The van der Waals surface area contributed by atoms with Gasteiger partial charge in [-0.05, 0) is 37.3 Å². The number of esters is 1. The van der Waals surface area contributed by atoms with Gasteiger partial charge in [0.1, 0.15) is 5.70 Å². The van der Waals surface area contributed by atoms with E-state index in [2.05, 4.69) is 5.32 Å². The highest BCUT2D eigenvalue weighted by atomic mass is 16.5. The molecule has 0 saturated heterocycles. The molecule has 5 nitrogen and oxygen atoms in total. The molecule has 1 heterocycles. The fourth-order valence-electron chi connectivity index (χ4n) is 2.53. The van der Waals surface area contributed by atoms with Gasteiger partial charge in [0.15, 0.2) is 0 Å². The molecule has 0 unspecified atom stereocenters. The average Bonchev–Trinajstić information content (AvgIpc) is 2.92. The van der Waals surface area contributed by atoms with E-state index in [-0.39, 0.29) is 12.5 Å². The van der Waals surface area contributed by atoms with Gasteiger partial charge in [0.2, 0.25) is 0 Å². The second-order valence-corrected chi connectivity index (χ2v) is 5.35. The van der Waals surface area contributed by atoms with Gasteiger partial charge in [0.05, 0.1) is 12.3 Å². The van der Waals surface area contributed by atoms with Crippen molar-refractivity contribution in [2.24, 2.45) is 0 Å². The standard InChI is InChI=1S/C20H18N2O3/c1-2-25-19(23)14-17-13-18(21-15-9-5-3-6-10-15)20(24)22(17)16-11-7-4-8-12-16/h3-14,21H,2H2,1H3/b17-14+. The maximum atomic E-state index is 12.9. The molecule has 5 heteroatoms. The summed E-state index contributed by atoms with van der Waals surface area (Å²) < 4.78 is 4.97. The Hall–Kier alpha value is -3.34. The predicted octanol–water partition coefficient (Wildman–Crippen LogP) is 3.48. The molecule has 1 aliphatic rings. The molecule has 0 radical (unpaired) electrons. The lowest BCUT2D eigenvalue weighted by atomic mass is 10.2. The van der Waals surface area contributed by atoms with Crippen LogP contribution in [0, 0.1) is 0 Å². The Morgan fingerprint density at radius 1 is 1.08 bits per heavy atom. The van der Waals surface area contributed by atoms with Crippen LogP contribution in [0.25, 0.3) is 0 Å². The second kappa shape index (κ2) is 7.49. The van der Waals surface area contributed by atoms with E-state index in [1.807, 2.05) is 60.7 Å². The summed E-state index contributed by atoms with van der Waals surface area (Å²) >= 11 is 0. The van der Waals surface area contributed by atoms with E-state index in [9.17, 15) is 9.59 Å². The van der Waals surface area contributed by atoms with Crippen molar-refractivity contribution in [1.29, 1.82) is 0 Å². The molecule has 1 aliphatic heterocycles. The Morgan fingerprint density at radius 3 is 2.36 bits per heavy atom. The third-order valence-electron chi connectivity index (χ3n) is 3.60. The minimum absolute atomic E-state index is 0.231. The van der Waals surface area contributed by atoms with Gasteiger partial charge in [-0.2, -0.15) is 0 Å². The van der Waals surface area contributed by atoms with Gasteiger partial charge in [0, 0.05) is 17.5 Å². The highest BCUT2D eigenvalue weighted by Crippen LogP contribution is 2.29. The zero-order valence-electron chi connectivity index (χ0n) is 13.8. The molecule has 0 saturated carbocycles. The summed E-state index contributed by atoms with van der Waals surface area (Å²) in [5.74, 6) is -0.714. The molecule has 0 atom stereocenters. The van der Waals surface area contributed by atoms with Crippen LogP contribution in [0.5, 0.6) is 0 Å². The van der Waals surface area contributed by atoms with Gasteiger partial charge in [-0.3, -0.25) is 9.69 Å². The molecule has 25 heavy (non-hydrogen) atoms. The Balaban J connectivity index is 1.94. The molecule has 0 aliphatic carbocycles. The maximum Gasteiger partial charge on any atom is 0.332 e. The number of hydrogen-bond acceptors (Lipinski definition) is 4. The van der Waals surface area contributed by atoms with Crippen LogP contribution in [-0.4, -0.2) is 18.5 Å². The molecular formula is C20H18N2O3. The number of para-hydroxylation sites is 2. The Labute approximate surface area is 146 Å². The summed E-state index contributed by atoms with van der Waals surface area (Å²) in [5, 5.41) is 3.10. The molecular weight excluding hydrogens is 316 g/mol. The zero-order chi connectivity index (χ0) is 17.6. The topological polar surface area (TPSA) is 58.6 Å². The molecule has 2 aromatic carbocycles. The highest BCUT2D eigenvalue weighted by Gasteiger charge is 2.30. The van der Waals surface area contributed by atoms with E-state index in [0.29, 0.717) is 17.1 Å². The number of carbonyl (C=O) groups excluding carboxylic acids is 2. The van der Waals surface area contributed by atoms with Crippen molar-refractivity contribution in [1.82, 2.24) is 0 Å². The summed E-state index contributed by atoms with van der Waals surface area (Å²) in [4.78, 5) is 26.2. The number of hydrogen-bond donors (Lipinski definition) is 1. The fourth-order valence-corrected chi connectivity index (χ4v) is 2.53. The largest absolute Gasteiger partial charge is 0.463 e. The van der Waals surface area contributed by atoms with Gasteiger partial charge in [-0.15, -0.1) is 0 Å². The first-order valence-corrected chi connectivity index (χ1v) is 8.01. The lowest BCUT2D eigenvalue weighted by Gasteiger charge is -2.18. The minimum Gasteiger partial charge on any atom is -0.463 e. The number of amides is 1. The Morgan fingerprint density at radius 2 is 1.72 bits per heavy atom. The van der Waals surface area contributed by atoms with Gasteiger partial charge < -0.3 is 10.1 Å². The van der Waals surface area contributed by atoms with Crippen LogP contribution in [0.3, 0.4) is 0 Å². The van der Waals surface area contributed by atoms with E-state index in [0.717, 1.165) is 5.69 Å². The zero-order valence-corrected chi connectivity index (χ0v) is 13.8. The minimum atomic E-state index is -0.483. The van der Waals surface area contributed by atoms with E-state index in [1.54, 1.807) is 13.0 Å². The first-order chi connectivity index (χ1) is 12.2. The Kier molecular flexibility index (Phi) is 4.95. The van der Waals surface area contributed by atoms with E-state index in [4.69, 9.17) is 4.74 Å². The van der Waals surface area contributed by atoms with Crippen LogP contribution >= 0.6 is 0 Å². The van der Waals surface area contributed by atoms with Crippen LogP contribution in [0.2, 0.25) is 0 Å². The van der Waals surface area contributed by atoms with Crippen LogP contribution in [0.15, 0.2) is 84.2 Å². The Bertz CT molecular complexity index is 827. The van der Waals surface area contributed by atoms with Gasteiger partial charge in [-0.1, -0.05) is 36.4 Å². The molecule has 3 rings (SSSR count). The summed E-state index contributed by atoms with van der Waals surface area (Å²) in [6.07, 6.45) is 2.98. The molecule has 126 valence electrons. The van der Waals surface area contributed by atoms with Gasteiger partial charge >= 0.3 is 5.97 Å². The number of nitrogens with zero attached hydrogens (tertiary/aromatic N) is 1. The average molecular weight is 334 g/mol. The lowest BCUT2D eigenvalue weighted by molar-refractivity contribution is -0.137. The molecule has 1 N–H and O–H groups in total. The van der Waals surface area contributed by atoms with Crippen LogP contribution in [0.4, 0.5) is 11.4 Å². The number of carbonyl (C=O) groups is 2. The number of benzene rings is 2. The van der Waals surface area contributed by atoms with Crippen LogP contribution in [-0.2, 0) is 14.3 Å². The summed E-state index contributed by atoms with van der Waals surface area (Å²) in [6.45, 7) is 2.02. The first-order valence-electron chi connectivity index (χ1n) is 8.01. The fraction of sp³-hybridized carbons (Fsp3) is 0.100. The third kappa shape index (κ3) is 3.77. The number of anilines is 2. The summed E-state index contributed by atoms with van der Waals surface area (Å²) in [5.41, 5.74) is 2.34. The quantitative estimate of drug-likeness (QED) is 0.672. The molecule has 0 aromatic heterocycles. The SMILES string of the molecule is CCOC(=O)/C=C1\C=C(Nc2ccccc2)C(=O)N1c1ccccc1. The normalized spacial score (nSPS) is 15.2. The van der Waals surface area contributed by atoms with Crippen molar-refractivity contribution in [2.45, 2.75) is 6.92 Å². The maximum absolute atomic E-state index is 12.9. The summed E-state index contributed by atoms with van der Waals surface area (Å²) in [6, 6.07) is 18.6. The van der Waals surface area contributed by atoms with Crippen LogP contribution in [0.1, 0.15) is 6.92 Å². The van der Waals surface area contributed by atoms with Crippen LogP contribution < -0.4 is 10.2 Å². The lowest BCUT2D eigenvalue weighted by Crippen LogP contribution is -2.27. The predicted molar refractivity (Wildman–Crippen MR) is 96.8 cm³/mol. The highest BCUT2D eigenvalue weighted by molar-refractivity contribution is 6.14. The monoisotopic (exact) mass is 334 g/mol. The van der Waals surface area contributed by atoms with Crippen molar-refractivity contribution in [3.05, 3.63) is 84.2 Å². The molecule has 0 bridgehead atoms. The number of nitrogens with one attached hydrogen (secondary N) is 1. The summed E-state index contributed by atoms with van der Waals surface area (Å²) in [7, 11) is 0. The van der Waals surface area contributed by atoms with Crippen molar-refractivity contribution in [3.8, 4) is 0 Å². The van der Waals surface area contributed by atoms with Crippen molar-refractivity contribution >= 4 is 23.3 Å². The molecule has 2 aromatic rings. The third-order valence-corrected chi connectivity index (χ3v) is 3.60. The van der Waals surface area contributed by atoms with E-state index < -0.39 is 5.97 Å². The van der Waals surface area contributed by atoms with E-state index >= 15 is 0 Å². The second-order valence-electron chi connectivity index (χ2n) is 5.35.